The average Bonchev–Trinajstić information content (AvgIpc) is 2.26. The highest BCUT2D eigenvalue weighted by Crippen LogP contribution is 2.31. The van der Waals surface area contributed by atoms with Gasteiger partial charge in [0, 0.05) is 0 Å². The zero-order valence-corrected chi connectivity index (χ0v) is 8.87. The molecule has 0 radical (unpaired) electrons. The van der Waals surface area contributed by atoms with E-state index >= 15 is 0 Å². The number of carbonyl (C=O) groups is 1. The Bertz CT molecular complexity index is 340. The standard InChI is InChI=1S/C9H9O4P/c1-12-6-4-3-5-7(13-2)8(6)9(10)14-11/h3-5H,1-2H3/p+1. The molecule has 0 aliphatic heterocycles. The summed E-state index contributed by atoms with van der Waals surface area (Å²) in [5.74, 6) is 0.746. The van der Waals surface area contributed by atoms with Crippen molar-refractivity contribution in [2.24, 2.45) is 0 Å². The molecule has 1 rings (SSSR count). The monoisotopic (exact) mass is 213 g/mol. The fraction of sp³-hybridized carbons (Fsp3) is 0.222. The second-order valence-corrected chi connectivity index (χ2v) is 3.13. The van der Waals surface area contributed by atoms with Crippen LogP contribution in [-0.4, -0.2) is 19.7 Å². The number of ether oxygens (including phenoxy) is 2. The molecule has 0 fully saturated rings. The van der Waals surface area contributed by atoms with Gasteiger partial charge in [-0.2, -0.15) is 0 Å². The highest BCUT2D eigenvalue weighted by Gasteiger charge is 2.23. The fourth-order valence-corrected chi connectivity index (χ4v) is 1.47. The quantitative estimate of drug-likeness (QED) is 0.716. The van der Waals surface area contributed by atoms with E-state index in [1.54, 1.807) is 18.2 Å². The zero-order valence-electron chi connectivity index (χ0n) is 7.87. The zero-order chi connectivity index (χ0) is 10.6. The molecule has 14 heavy (non-hydrogen) atoms. The summed E-state index contributed by atoms with van der Waals surface area (Å²) in [6.45, 7) is 0. The first-order valence-electron chi connectivity index (χ1n) is 3.88. The molecule has 0 bridgehead atoms. The van der Waals surface area contributed by atoms with Crippen LogP contribution in [0.1, 0.15) is 10.4 Å². The maximum absolute atomic E-state index is 11.3. The van der Waals surface area contributed by atoms with Crippen LogP contribution in [0.4, 0.5) is 0 Å². The maximum Gasteiger partial charge on any atom is 0.406 e. The van der Waals surface area contributed by atoms with E-state index in [2.05, 4.69) is 0 Å². The van der Waals surface area contributed by atoms with Gasteiger partial charge in [-0.1, -0.05) is 10.6 Å². The van der Waals surface area contributed by atoms with Gasteiger partial charge >= 0.3 is 14.0 Å². The van der Waals surface area contributed by atoms with Gasteiger partial charge in [0.25, 0.3) is 0 Å². The Morgan fingerprint density at radius 2 is 1.71 bits per heavy atom. The highest BCUT2D eigenvalue weighted by atomic mass is 31.1. The van der Waals surface area contributed by atoms with Crippen molar-refractivity contribution in [2.75, 3.05) is 14.2 Å². The predicted octanol–water partition coefficient (Wildman–Crippen LogP) is 1.87. The first-order valence-corrected chi connectivity index (χ1v) is 4.79. The van der Waals surface area contributed by atoms with Gasteiger partial charge in [-0.15, -0.1) is 0 Å². The first-order chi connectivity index (χ1) is 6.74. The summed E-state index contributed by atoms with van der Waals surface area (Å²) in [6.07, 6.45) is 0. The molecule has 0 aliphatic carbocycles. The second-order valence-electron chi connectivity index (χ2n) is 2.47. The molecule has 0 amide bonds. The van der Waals surface area contributed by atoms with E-state index in [4.69, 9.17) is 9.47 Å². The minimum atomic E-state index is -1.04. The Hall–Kier alpha value is -1.41. The van der Waals surface area contributed by atoms with Crippen molar-refractivity contribution < 1.29 is 18.8 Å². The molecule has 0 heterocycles. The number of benzene rings is 1. The van der Waals surface area contributed by atoms with Crippen LogP contribution < -0.4 is 9.47 Å². The van der Waals surface area contributed by atoms with Gasteiger partial charge in [-0.3, -0.25) is 0 Å². The summed E-state index contributed by atoms with van der Waals surface area (Å²) >= 11 is 0. The first kappa shape index (κ1) is 10.7. The topological polar surface area (TPSA) is 52.6 Å². The lowest BCUT2D eigenvalue weighted by Crippen LogP contribution is -1.99. The minimum Gasteiger partial charge on any atom is -0.496 e. The van der Waals surface area contributed by atoms with Crippen LogP contribution in [0.3, 0.4) is 0 Å². The molecule has 1 atom stereocenters. The smallest absolute Gasteiger partial charge is 0.406 e. The molecular weight excluding hydrogens is 203 g/mol. The minimum absolute atomic E-state index is 0.228. The van der Waals surface area contributed by atoms with Crippen LogP contribution >= 0.6 is 8.46 Å². The maximum atomic E-state index is 11.3. The number of carbonyl (C=O) groups excluding carboxylic acids is 1. The predicted molar refractivity (Wildman–Crippen MR) is 52.9 cm³/mol. The molecule has 0 aromatic heterocycles. The molecule has 0 saturated carbocycles. The van der Waals surface area contributed by atoms with Gasteiger partial charge in [0.05, 0.1) is 14.2 Å². The lowest BCUT2D eigenvalue weighted by atomic mass is 10.2. The Labute approximate surface area is 83.0 Å². The summed E-state index contributed by atoms with van der Waals surface area (Å²) in [6, 6.07) is 4.94. The third-order valence-corrected chi connectivity index (χ3v) is 2.18. The largest absolute Gasteiger partial charge is 0.496 e. The molecular formula is C9H10O4P+. The summed E-state index contributed by atoms with van der Waals surface area (Å²) in [7, 11) is 1.85. The van der Waals surface area contributed by atoms with Gasteiger partial charge in [0.15, 0.2) is 5.56 Å². The molecule has 1 aromatic carbocycles. The SMILES string of the molecule is COc1cccc(OC)c1C(=O)[PH+]=O. The molecule has 1 aromatic rings. The molecule has 5 heteroatoms. The van der Waals surface area contributed by atoms with Gasteiger partial charge in [-0.25, -0.2) is 4.79 Å². The van der Waals surface area contributed by atoms with Crippen molar-refractivity contribution in [2.45, 2.75) is 0 Å². The molecule has 0 spiro atoms. The summed E-state index contributed by atoms with van der Waals surface area (Å²) in [5.41, 5.74) is -0.273. The Kier molecular flexibility index (Phi) is 3.60. The molecule has 4 nitrogen and oxygen atoms in total. The Balaban J connectivity index is 3.32. The van der Waals surface area contributed by atoms with Gasteiger partial charge < -0.3 is 9.47 Å². The van der Waals surface area contributed by atoms with Crippen molar-refractivity contribution in [3.8, 4) is 11.5 Å². The molecule has 0 N–H and O–H groups in total. The number of methoxy groups -OCH3 is 2. The van der Waals surface area contributed by atoms with Crippen LogP contribution in [0.5, 0.6) is 11.5 Å². The molecule has 1 unspecified atom stereocenters. The summed E-state index contributed by atoms with van der Waals surface area (Å²) in [4.78, 5) is 11.3. The van der Waals surface area contributed by atoms with Crippen molar-refractivity contribution in [3.05, 3.63) is 23.8 Å². The fourth-order valence-electron chi connectivity index (χ4n) is 1.13. The van der Waals surface area contributed by atoms with Crippen molar-refractivity contribution >= 4 is 14.0 Å². The van der Waals surface area contributed by atoms with E-state index in [0.29, 0.717) is 11.5 Å². The summed E-state index contributed by atoms with van der Waals surface area (Å²) < 4.78 is 20.5. The Morgan fingerprint density at radius 1 is 1.21 bits per heavy atom. The van der Waals surface area contributed by atoms with E-state index in [-0.39, 0.29) is 5.56 Å². The van der Waals surface area contributed by atoms with E-state index in [1.807, 2.05) is 0 Å². The molecule has 0 saturated heterocycles. The van der Waals surface area contributed by atoms with Gasteiger partial charge in [0.2, 0.25) is 0 Å². The van der Waals surface area contributed by atoms with E-state index in [1.165, 1.54) is 14.2 Å². The van der Waals surface area contributed by atoms with Crippen LogP contribution in [0.25, 0.3) is 0 Å². The summed E-state index contributed by atoms with van der Waals surface area (Å²) in [5, 5.41) is 0. The second kappa shape index (κ2) is 4.72. The molecule has 0 aliphatic rings. The number of rotatable bonds is 4. The number of hydrogen-bond donors (Lipinski definition) is 0. The third kappa shape index (κ3) is 1.91. The van der Waals surface area contributed by atoms with Crippen LogP contribution in [0.2, 0.25) is 0 Å². The lowest BCUT2D eigenvalue weighted by Gasteiger charge is -2.06. The highest BCUT2D eigenvalue weighted by molar-refractivity contribution is 7.47. The molecule has 74 valence electrons. The van der Waals surface area contributed by atoms with Crippen LogP contribution in [0, 0.1) is 0 Å². The van der Waals surface area contributed by atoms with Crippen LogP contribution in [0.15, 0.2) is 18.2 Å². The van der Waals surface area contributed by atoms with Crippen molar-refractivity contribution in [1.29, 1.82) is 0 Å². The number of hydrogen-bond acceptors (Lipinski definition) is 4. The van der Waals surface area contributed by atoms with Gasteiger partial charge in [-0.05, 0) is 12.1 Å². The lowest BCUT2D eigenvalue weighted by molar-refractivity contribution is 0.107. The van der Waals surface area contributed by atoms with E-state index in [0.717, 1.165) is 0 Å². The van der Waals surface area contributed by atoms with Crippen molar-refractivity contribution in [1.82, 2.24) is 0 Å². The van der Waals surface area contributed by atoms with Crippen LogP contribution in [-0.2, 0) is 4.57 Å². The van der Waals surface area contributed by atoms with E-state index < -0.39 is 14.0 Å². The average molecular weight is 213 g/mol. The normalized spacial score (nSPS) is 9.86. The Morgan fingerprint density at radius 3 is 2.07 bits per heavy atom. The third-order valence-electron chi connectivity index (χ3n) is 1.75. The van der Waals surface area contributed by atoms with E-state index in [9.17, 15) is 9.36 Å². The van der Waals surface area contributed by atoms with Crippen molar-refractivity contribution in [3.63, 3.8) is 0 Å². The van der Waals surface area contributed by atoms with Gasteiger partial charge in [0.1, 0.15) is 11.5 Å².